The van der Waals surface area contributed by atoms with Gasteiger partial charge >= 0.3 is 0 Å². The molecule has 256 valence electrons. The van der Waals surface area contributed by atoms with Crippen LogP contribution >= 0.6 is 0 Å². The van der Waals surface area contributed by atoms with Gasteiger partial charge in [0, 0.05) is 49.5 Å². The molecular formula is C49H34N4O. The van der Waals surface area contributed by atoms with Gasteiger partial charge in [-0.05, 0) is 59.9 Å². The van der Waals surface area contributed by atoms with Crippen LogP contribution in [-0.2, 0) is 6.42 Å². The minimum atomic E-state index is -0.361. The maximum absolute atomic E-state index is 6.25. The number of nitrogens with one attached hydrogen (secondary N) is 1. The summed E-state index contributed by atoms with van der Waals surface area (Å²) in [5, 5.41) is 8.40. The van der Waals surface area contributed by atoms with Gasteiger partial charge in [0.2, 0.25) is 0 Å². The predicted octanol–water partition coefficient (Wildman–Crippen LogP) is 11.8. The van der Waals surface area contributed by atoms with Gasteiger partial charge in [-0.2, -0.15) is 0 Å². The SMILES string of the molecule is C1=Cc2c(ccc3c4ccccc4n(-c4cccc(-c5ccc(C6=NC(c7ccccc7)=NC(c7cccc8oc9ccccc9c78)N6)cc5)c4)c23)CC1. The molecule has 2 aromatic heterocycles. The molecule has 2 aliphatic rings. The molecule has 9 aromatic rings. The third-order valence-electron chi connectivity index (χ3n) is 10.9. The Balaban J connectivity index is 0.986. The van der Waals surface area contributed by atoms with E-state index in [1.807, 2.05) is 42.5 Å². The highest BCUT2D eigenvalue weighted by Crippen LogP contribution is 2.39. The lowest BCUT2D eigenvalue weighted by Crippen LogP contribution is -2.33. The zero-order valence-electron chi connectivity index (χ0n) is 29.4. The number of aromatic nitrogens is 1. The molecule has 0 amide bonds. The van der Waals surface area contributed by atoms with Gasteiger partial charge in [0.05, 0.1) is 11.0 Å². The average molecular weight is 695 g/mol. The van der Waals surface area contributed by atoms with Crippen LogP contribution in [-0.4, -0.2) is 16.2 Å². The first kappa shape index (κ1) is 30.6. The molecule has 0 saturated carbocycles. The number of nitrogens with zero attached hydrogens (tertiary/aromatic N) is 3. The molecule has 1 N–H and O–H groups in total. The highest BCUT2D eigenvalue weighted by atomic mass is 16.3. The molecule has 5 heteroatoms. The molecule has 0 spiro atoms. The van der Waals surface area contributed by atoms with E-state index in [1.54, 1.807) is 0 Å². The van der Waals surface area contributed by atoms with Gasteiger partial charge in [-0.15, -0.1) is 0 Å². The smallest absolute Gasteiger partial charge is 0.159 e. The van der Waals surface area contributed by atoms with Gasteiger partial charge < -0.3 is 14.3 Å². The molecule has 0 bridgehead atoms. The first-order chi connectivity index (χ1) is 26.8. The molecule has 1 aliphatic carbocycles. The standard InChI is InChI=1S/C49H34N4O/c1-2-13-33(14-3-1)47-50-48(52-49(51-47)41-20-11-23-44-45(41)40-19-7-9-22-43(40)54-44)34-26-24-31(25-27-34)35-15-10-16-36(30-35)53-42-21-8-6-18-38(42)39-29-28-32-12-4-5-17-37(32)46(39)53/h1-3,5-11,13-30,49H,4,12H2,(H,50,51,52). The number of aliphatic imine (C=N–C) groups is 2. The molecule has 1 atom stereocenters. The van der Waals surface area contributed by atoms with Crippen molar-refractivity contribution in [1.82, 2.24) is 9.88 Å². The van der Waals surface area contributed by atoms with Crippen LogP contribution in [0.3, 0.4) is 0 Å². The van der Waals surface area contributed by atoms with Crippen molar-refractivity contribution < 1.29 is 4.42 Å². The van der Waals surface area contributed by atoms with Gasteiger partial charge in [-0.25, -0.2) is 9.98 Å². The highest BCUT2D eigenvalue weighted by molar-refractivity contribution is 6.14. The van der Waals surface area contributed by atoms with E-state index in [9.17, 15) is 0 Å². The number of rotatable bonds is 5. The fraction of sp³-hybridized carbons (Fsp3) is 0.0612. The largest absolute Gasteiger partial charge is 0.456 e. The number of hydrogen-bond acceptors (Lipinski definition) is 4. The van der Waals surface area contributed by atoms with Gasteiger partial charge in [0.15, 0.2) is 5.84 Å². The summed E-state index contributed by atoms with van der Waals surface area (Å²) in [6.45, 7) is 0. The van der Waals surface area contributed by atoms with Crippen LogP contribution in [0.1, 0.15) is 40.4 Å². The van der Waals surface area contributed by atoms with Crippen LogP contribution in [0.5, 0.6) is 0 Å². The second-order valence-electron chi connectivity index (χ2n) is 14.1. The van der Waals surface area contributed by atoms with E-state index >= 15 is 0 Å². The van der Waals surface area contributed by atoms with E-state index in [4.69, 9.17) is 14.4 Å². The third kappa shape index (κ3) is 4.93. The maximum Gasteiger partial charge on any atom is 0.159 e. The molecule has 11 rings (SSSR count). The quantitative estimate of drug-likeness (QED) is 0.195. The summed E-state index contributed by atoms with van der Waals surface area (Å²) < 4.78 is 8.70. The van der Waals surface area contributed by atoms with E-state index in [0.29, 0.717) is 5.84 Å². The summed E-state index contributed by atoms with van der Waals surface area (Å²) in [4.78, 5) is 10.3. The van der Waals surface area contributed by atoms with Gasteiger partial charge in [-0.3, -0.25) is 0 Å². The van der Waals surface area contributed by atoms with Crippen molar-refractivity contribution in [2.24, 2.45) is 9.98 Å². The summed E-state index contributed by atoms with van der Waals surface area (Å²) in [5.41, 5.74) is 13.4. The summed E-state index contributed by atoms with van der Waals surface area (Å²) in [7, 11) is 0. The van der Waals surface area contributed by atoms with Crippen LogP contribution in [0, 0.1) is 0 Å². The normalized spacial score (nSPS) is 15.4. The molecule has 54 heavy (non-hydrogen) atoms. The highest BCUT2D eigenvalue weighted by Gasteiger charge is 2.25. The fourth-order valence-corrected chi connectivity index (χ4v) is 8.38. The lowest BCUT2D eigenvalue weighted by molar-refractivity contribution is 0.662. The van der Waals surface area contributed by atoms with Crippen molar-refractivity contribution in [3.05, 3.63) is 192 Å². The molecule has 0 saturated heterocycles. The number of hydrogen-bond donors (Lipinski definition) is 1. The Morgan fingerprint density at radius 2 is 1.37 bits per heavy atom. The van der Waals surface area contributed by atoms with Crippen molar-refractivity contribution in [2.75, 3.05) is 0 Å². The number of para-hydroxylation sites is 2. The molecule has 1 unspecified atom stereocenters. The molecule has 5 nitrogen and oxygen atoms in total. The zero-order valence-corrected chi connectivity index (χ0v) is 29.4. The summed E-state index contributed by atoms with van der Waals surface area (Å²) in [6.07, 6.45) is 6.43. The number of fused-ring (bicyclic) bond motifs is 8. The van der Waals surface area contributed by atoms with E-state index < -0.39 is 0 Å². The van der Waals surface area contributed by atoms with Crippen LogP contribution < -0.4 is 5.32 Å². The lowest BCUT2D eigenvalue weighted by Gasteiger charge is -2.24. The molecule has 1 aliphatic heterocycles. The average Bonchev–Trinajstić information content (AvgIpc) is 3.80. The zero-order chi connectivity index (χ0) is 35.6. The van der Waals surface area contributed by atoms with Crippen molar-refractivity contribution >= 4 is 61.5 Å². The van der Waals surface area contributed by atoms with E-state index in [-0.39, 0.29) is 6.17 Å². The molecule has 7 aromatic carbocycles. The van der Waals surface area contributed by atoms with E-state index in [2.05, 4.69) is 137 Å². The molecule has 0 radical (unpaired) electrons. The number of allylic oxidation sites excluding steroid dienone is 1. The molecule has 0 fully saturated rings. The Bertz CT molecular complexity index is 3020. The van der Waals surface area contributed by atoms with Gasteiger partial charge in [0.25, 0.3) is 0 Å². The number of furan rings is 1. The maximum atomic E-state index is 6.25. The van der Waals surface area contributed by atoms with Crippen molar-refractivity contribution in [3.63, 3.8) is 0 Å². The Morgan fingerprint density at radius 1 is 0.611 bits per heavy atom. The second-order valence-corrected chi connectivity index (χ2v) is 14.1. The minimum absolute atomic E-state index is 0.361. The van der Waals surface area contributed by atoms with Gasteiger partial charge in [-0.1, -0.05) is 140 Å². The van der Waals surface area contributed by atoms with Crippen molar-refractivity contribution in [3.8, 4) is 16.8 Å². The summed E-state index contributed by atoms with van der Waals surface area (Å²) in [5.74, 6) is 1.47. The van der Waals surface area contributed by atoms with Crippen LogP contribution in [0.4, 0.5) is 0 Å². The van der Waals surface area contributed by atoms with Crippen LogP contribution in [0.15, 0.2) is 178 Å². The molecular weight excluding hydrogens is 661 g/mol. The lowest BCUT2D eigenvalue weighted by atomic mass is 9.95. The minimum Gasteiger partial charge on any atom is -0.456 e. The monoisotopic (exact) mass is 694 g/mol. The Kier molecular flexibility index (Phi) is 6.99. The van der Waals surface area contributed by atoms with Gasteiger partial charge in [0.1, 0.15) is 23.2 Å². The Labute approximate surface area is 312 Å². The topological polar surface area (TPSA) is 54.8 Å². The third-order valence-corrected chi connectivity index (χ3v) is 10.9. The Morgan fingerprint density at radius 3 is 2.28 bits per heavy atom. The predicted molar refractivity (Wildman–Crippen MR) is 223 cm³/mol. The van der Waals surface area contributed by atoms with Crippen LogP contribution in [0.2, 0.25) is 0 Å². The number of benzene rings is 7. The Hall–Kier alpha value is -6.98. The van der Waals surface area contributed by atoms with E-state index in [0.717, 1.165) is 74.1 Å². The van der Waals surface area contributed by atoms with Crippen molar-refractivity contribution in [1.29, 1.82) is 0 Å². The summed E-state index contributed by atoms with van der Waals surface area (Å²) >= 11 is 0. The second kappa shape index (κ2) is 12.3. The van der Waals surface area contributed by atoms with Crippen molar-refractivity contribution in [2.45, 2.75) is 19.0 Å². The van der Waals surface area contributed by atoms with E-state index in [1.165, 1.54) is 32.9 Å². The number of amidine groups is 2. The first-order valence-electron chi connectivity index (χ1n) is 18.6. The van der Waals surface area contributed by atoms with Crippen LogP contribution in [0.25, 0.3) is 66.6 Å². The number of aryl methyl sites for hydroxylation is 1. The molecule has 3 heterocycles. The summed E-state index contributed by atoms with van der Waals surface area (Å²) in [6, 6.07) is 55.6. The fourth-order valence-electron chi connectivity index (χ4n) is 8.38. The first-order valence-corrected chi connectivity index (χ1v) is 18.6.